The lowest BCUT2D eigenvalue weighted by atomic mass is 10.1. The van der Waals surface area contributed by atoms with Crippen LogP contribution in [0.5, 0.6) is 11.5 Å². The number of nitrogens with zero attached hydrogens (tertiary/aromatic N) is 2. The molecule has 3 rings (SSSR count). The highest BCUT2D eigenvalue weighted by molar-refractivity contribution is 14.0. The minimum Gasteiger partial charge on any atom is -0.493 e. The molecule has 0 spiro atoms. The molecule has 2 N–H and O–H groups in total. The summed E-state index contributed by atoms with van der Waals surface area (Å²) >= 11 is 0. The van der Waals surface area contributed by atoms with Crippen molar-refractivity contribution < 1.29 is 9.47 Å². The smallest absolute Gasteiger partial charge is 0.191 e. The molecule has 7 heteroatoms. The number of rotatable bonds is 9. The van der Waals surface area contributed by atoms with Gasteiger partial charge in [-0.2, -0.15) is 0 Å². The molecule has 1 aromatic carbocycles. The SMILES string of the molecule is CCNC(=NCC(C)Oc1ccccc1OC)NCC1CCN(C2CC2)C1.I. The van der Waals surface area contributed by atoms with E-state index in [2.05, 4.69) is 22.5 Å². The second kappa shape index (κ2) is 11.7. The van der Waals surface area contributed by atoms with E-state index in [0.717, 1.165) is 42.5 Å². The number of likely N-dealkylation sites (tertiary alicyclic amines) is 1. The van der Waals surface area contributed by atoms with Crippen molar-refractivity contribution in [3.05, 3.63) is 24.3 Å². The number of methoxy groups -OCH3 is 1. The first-order chi connectivity index (χ1) is 13.2. The van der Waals surface area contributed by atoms with Gasteiger partial charge in [-0.15, -0.1) is 24.0 Å². The zero-order chi connectivity index (χ0) is 19.1. The normalized spacial score (nSPS) is 21.0. The Morgan fingerprint density at radius 2 is 1.96 bits per heavy atom. The molecular weight excluding hydrogens is 467 g/mol. The third-order valence-electron chi connectivity index (χ3n) is 5.19. The molecule has 2 aliphatic rings. The molecule has 28 heavy (non-hydrogen) atoms. The van der Waals surface area contributed by atoms with Crippen LogP contribution in [-0.4, -0.2) is 62.8 Å². The zero-order valence-electron chi connectivity index (χ0n) is 17.3. The van der Waals surface area contributed by atoms with Crippen LogP contribution in [0.2, 0.25) is 0 Å². The van der Waals surface area contributed by atoms with Gasteiger partial charge in [-0.3, -0.25) is 0 Å². The first-order valence-corrected chi connectivity index (χ1v) is 10.3. The average Bonchev–Trinajstić information content (AvgIpc) is 3.43. The number of benzene rings is 1. The molecular formula is C21H35IN4O2. The summed E-state index contributed by atoms with van der Waals surface area (Å²) in [5, 5.41) is 6.86. The predicted octanol–water partition coefficient (Wildman–Crippen LogP) is 3.12. The summed E-state index contributed by atoms with van der Waals surface area (Å²) in [4.78, 5) is 7.36. The van der Waals surface area contributed by atoms with Gasteiger partial charge in [-0.25, -0.2) is 4.99 Å². The number of hydrogen-bond donors (Lipinski definition) is 2. The van der Waals surface area contributed by atoms with Gasteiger partial charge in [-0.1, -0.05) is 12.1 Å². The maximum Gasteiger partial charge on any atom is 0.191 e. The van der Waals surface area contributed by atoms with Crippen molar-refractivity contribution in [2.45, 2.75) is 45.3 Å². The van der Waals surface area contributed by atoms with E-state index < -0.39 is 0 Å². The van der Waals surface area contributed by atoms with Crippen LogP contribution in [0.1, 0.15) is 33.1 Å². The summed E-state index contributed by atoms with van der Waals surface area (Å²) in [5.74, 6) is 3.10. The molecule has 6 nitrogen and oxygen atoms in total. The third-order valence-corrected chi connectivity index (χ3v) is 5.19. The Balaban J connectivity index is 0.00000280. The maximum absolute atomic E-state index is 6.00. The van der Waals surface area contributed by atoms with Crippen molar-refractivity contribution in [2.75, 3.05) is 39.8 Å². The number of para-hydroxylation sites is 2. The first-order valence-electron chi connectivity index (χ1n) is 10.3. The van der Waals surface area contributed by atoms with E-state index >= 15 is 0 Å². The van der Waals surface area contributed by atoms with Crippen LogP contribution in [0, 0.1) is 5.92 Å². The third kappa shape index (κ3) is 6.99. The molecule has 158 valence electrons. The molecule has 1 aromatic rings. The van der Waals surface area contributed by atoms with E-state index in [0.29, 0.717) is 6.54 Å². The van der Waals surface area contributed by atoms with E-state index in [9.17, 15) is 0 Å². The highest BCUT2D eigenvalue weighted by atomic mass is 127. The number of hydrogen-bond acceptors (Lipinski definition) is 4. The quantitative estimate of drug-likeness (QED) is 0.309. The first kappa shape index (κ1) is 23.1. The second-order valence-corrected chi connectivity index (χ2v) is 7.56. The number of ether oxygens (including phenoxy) is 2. The van der Waals surface area contributed by atoms with Gasteiger partial charge in [0.2, 0.25) is 0 Å². The molecule has 1 saturated carbocycles. The lowest BCUT2D eigenvalue weighted by molar-refractivity contribution is 0.219. The van der Waals surface area contributed by atoms with Crippen molar-refractivity contribution in [3.63, 3.8) is 0 Å². The van der Waals surface area contributed by atoms with Crippen LogP contribution in [0.25, 0.3) is 0 Å². The van der Waals surface area contributed by atoms with Gasteiger partial charge in [0.05, 0.1) is 13.7 Å². The fourth-order valence-corrected chi connectivity index (χ4v) is 3.57. The summed E-state index contributed by atoms with van der Waals surface area (Å²) in [7, 11) is 1.66. The molecule has 0 amide bonds. The monoisotopic (exact) mass is 502 g/mol. The van der Waals surface area contributed by atoms with Crippen molar-refractivity contribution in [3.8, 4) is 11.5 Å². The lowest BCUT2D eigenvalue weighted by Crippen LogP contribution is -2.41. The fraction of sp³-hybridized carbons (Fsp3) is 0.667. The van der Waals surface area contributed by atoms with Crippen molar-refractivity contribution in [1.29, 1.82) is 0 Å². The summed E-state index contributed by atoms with van der Waals surface area (Å²) < 4.78 is 11.3. The van der Waals surface area contributed by atoms with Crippen LogP contribution >= 0.6 is 24.0 Å². The standard InChI is InChI=1S/C21H34N4O2.HI/c1-4-22-21(24-14-17-11-12-25(15-17)18-9-10-18)23-13-16(2)27-20-8-6-5-7-19(20)26-3;/h5-8,16-18H,4,9-15H2,1-3H3,(H2,22,23,24);1H. The molecule has 1 aliphatic carbocycles. The van der Waals surface area contributed by atoms with E-state index in [1.807, 2.05) is 31.2 Å². The van der Waals surface area contributed by atoms with Crippen LogP contribution in [0.15, 0.2) is 29.3 Å². The van der Waals surface area contributed by atoms with E-state index in [1.54, 1.807) is 7.11 Å². The minimum absolute atomic E-state index is 0. The number of guanidine groups is 1. The average molecular weight is 502 g/mol. The summed E-state index contributed by atoms with van der Waals surface area (Å²) in [6.45, 7) is 9.04. The molecule has 2 fully saturated rings. The Hall–Kier alpha value is -1.22. The van der Waals surface area contributed by atoms with E-state index in [-0.39, 0.29) is 30.1 Å². The fourth-order valence-electron chi connectivity index (χ4n) is 3.57. The highest BCUT2D eigenvalue weighted by Crippen LogP contribution is 2.31. The molecule has 1 heterocycles. The van der Waals surface area contributed by atoms with E-state index in [4.69, 9.17) is 14.5 Å². The second-order valence-electron chi connectivity index (χ2n) is 7.56. The van der Waals surface area contributed by atoms with Gasteiger partial charge >= 0.3 is 0 Å². The number of aliphatic imine (C=N–C) groups is 1. The summed E-state index contributed by atoms with van der Waals surface area (Å²) in [5.41, 5.74) is 0. The highest BCUT2D eigenvalue weighted by Gasteiger charge is 2.34. The predicted molar refractivity (Wildman–Crippen MR) is 125 cm³/mol. The zero-order valence-corrected chi connectivity index (χ0v) is 19.6. The topological polar surface area (TPSA) is 58.1 Å². The van der Waals surface area contributed by atoms with Gasteiger partial charge in [0, 0.05) is 25.7 Å². The largest absolute Gasteiger partial charge is 0.493 e. The van der Waals surface area contributed by atoms with Crippen molar-refractivity contribution in [2.24, 2.45) is 10.9 Å². The van der Waals surface area contributed by atoms with Gasteiger partial charge < -0.3 is 25.0 Å². The minimum atomic E-state index is -0.0337. The molecule has 2 atom stereocenters. The van der Waals surface area contributed by atoms with Crippen LogP contribution in [-0.2, 0) is 0 Å². The Kier molecular flexibility index (Phi) is 9.64. The Morgan fingerprint density at radius 1 is 1.21 bits per heavy atom. The van der Waals surface area contributed by atoms with Crippen LogP contribution < -0.4 is 20.1 Å². The molecule has 0 aromatic heterocycles. The Morgan fingerprint density at radius 3 is 2.64 bits per heavy atom. The van der Waals surface area contributed by atoms with E-state index in [1.165, 1.54) is 32.4 Å². The van der Waals surface area contributed by atoms with Gasteiger partial charge in [0.25, 0.3) is 0 Å². The lowest BCUT2D eigenvalue weighted by Gasteiger charge is -2.18. The van der Waals surface area contributed by atoms with Gasteiger partial charge in [0.15, 0.2) is 17.5 Å². The van der Waals surface area contributed by atoms with Crippen molar-refractivity contribution >= 4 is 29.9 Å². The number of nitrogens with one attached hydrogen (secondary N) is 2. The molecule has 0 radical (unpaired) electrons. The summed E-state index contributed by atoms with van der Waals surface area (Å²) in [6, 6.07) is 8.60. The number of halogens is 1. The Labute approximate surface area is 186 Å². The summed E-state index contributed by atoms with van der Waals surface area (Å²) in [6.07, 6.45) is 4.05. The molecule has 1 saturated heterocycles. The molecule has 2 unspecified atom stereocenters. The van der Waals surface area contributed by atoms with Gasteiger partial charge in [0.1, 0.15) is 6.10 Å². The Bertz CT molecular complexity index is 624. The van der Waals surface area contributed by atoms with Crippen LogP contribution in [0.3, 0.4) is 0 Å². The van der Waals surface area contributed by atoms with Crippen LogP contribution in [0.4, 0.5) is 0 Å². The molecule has 1 aliphatic heterocycles. The maximum atomic E-state index is 6.00. The molecule has 0 bridgehead atoms. The van der Waals surface area contributed by atoms with Crippen molar-refractivity contribution in [1.82, 2.24) is 15.5 Å². The van der Waals surface area contributed by atoms with Gasteiger partial charge in [-0.05, 0) is 57.7 Å².